The fraction of sp³-hybridized carbons (Fsp3) is 0.579. The largest absolute Gasteiger partial charge is 0.469 e. The Bertz CT molecular complexity index is 614. The van der Waals surface area contributed by atoms with E-state index in [9.17, 15) is 9.00 Å². The van der Waals surface area contributed by atoms with Crippen molar-refractivity contribution < 1.29 is 13.7 Å². The first-order valence-electron chi connectivity index (χ1n) is 9.14. The summed E-state index contributed by atoms with van der Waals surface area (Å²) >= 11 is 0. The molecule has 7 heteroatoms. The summed E-state index contributed by atoms with van der Waals surface area (Å²) in [5.74, 6) is 1.81. The van der Waals surface area contributed by atoms with Crippen LogP contribution >= 0.6 is 0 Å². The second-order valence-corrected chi connectivity index (χ2v) is 7.87. The van der Waals surface area contributed by atoms with Crippen molar-refractivity contribution in [1.82, 2.24) is 10.2 Å². The molecule has 1 fully saturated rings. The van der Waals surface area contributed by atoms with Crippen LogP contribution in [-0.4, -0.2) is 60.1 Å². The second-order valence-electron chi connectivity index (χ2n) is 6.29. The molecule has 0 aromatic heterocycles. The van der Waals surface area contributed by atoms with Crippen LogP contribution in [-0.2, 0) is 26.1 Å². The molecule has 144 valence electrons. The van der Waals surface area contributed by atoms with Crippen molar-refractivity contribution in [2.75, 3.05) is 39.0 Å². The quantitative estimate of drug-likeness (QED) is 0.444. The fourth-order valence-corrected chi connectivity index (χ4v) is 4.01. The van der Waals surface area contributed by atoms with Gasteiger partial charge in [-0.1, -0.05) is 30.3 Å². The number of guanidine groups is 1. The number of nitrogens with one attached hydrogen (secondary N) is 1. The van der Waals surface area contributed by atoms with E-state index in [0.29, 0.717) is 18.1 Å². The number of nitrogens with zero attached hydrogens (tertiary/aromatic N) is 2. The van der Waals surface area contributed by atoms with E-state index in [1.165, 1.54) is 7.11 Å². The van der Waals surface area contributed by atoms with Crippen LogP contribution < -0.4 is 5.32 Å². The number of hydrogen-bond donors (Lipinski definition) is 1. The van der Waals surface area contributed by atoms with Crippen LogP contribution in [0.15, 0.2) is 35.3 Å². The molecular weight excluding hydrogens is 350 g/mol. The van der Waals surface area contributed by atoms with Crippen LogP contribution in [0.3, 0.4) is 0 Å². The number of esters is 1. The summed E-state index contributed by atoms with van der Waals surface area (Å²) in [6.07, 6.45) is 1.55. The molecule has 1 unspecified atom stereocenters. The molecule has 1 heterocycles. The average molecular weight is 380 g/mol. The first kappa shape index (κ1) is 20.4. The molecule has 26 heavy (non-hydrogen) atoms. The SMILES string of the molecule is CCNC(=NCCS(=O)Cc1ccccc1)N1CCC(C(=O)OC)CC1. The number of likely N-dealkylation sites (tertiary alicyclic amines) is 1. The van der Waals surface area contributed by atoms with Crippen molar-refractivity contribution in [3.05, 3.63) is 35.9 Å². The van der Waals surface area contributed by atoms with Gasteiger partial charge in [0.15, 0.2) is 5.96 Å². The van der Waals surface area contributed by atoms with E-state index in [1.54, 1.807) is 0 Å². The molecule has 1 N–H and O–H groups in total. The molecule has 2 rings (SSSR count). The zero-order valence-electron chi connectivity index (χ0n) is 15.6. The highest BCUT2D eigenvalue weighted by molar-refractivity contribution is 7.84. The summed E-state index contributed by atoms with van der Waals surface area (Å²) in [7, 11) is 0.516. The Morgan fingerprint density at radius 3 is 2.62 bits per heavy atom. The smallest absolute Gasteiger partial charge is 0.308 e. The van der Waals surface area contributed by atoms with Gasteiger partial charge in [0.05, 0.1) is 19.6 Å². The summed E-state index contributed by atoms with van der Waals surface area (Å²) in [6, 6.07) is 9.88. The highest BCUT2D eigenvalue weighted by Gasteiger charge is 2.26. The van der Waals surface area contributed by atoms with Crippen molar-refractivity contribution in [2.24, 2.45) is 10.9 Å². The molecule has 6 nitrogen and oxygen atoms in total. The van der Waals surface area contributed by atoms with Gasteiger partial charge < -0.3 is 15.0 Å². The predicted octanol–water partition coefficient (Wildman–Crippen LogP) is 1.79. The highest BCUT2D eigenvalue weighted by atomic mass is 32.2. The molecule has 1 aromatic carbocycles. The van der Waals surface area contributed by atoms with E-state index in [4.69, 9.17) is 4.74 Å². The third-order valence-electron chi connectivity index (χ3n) is 4.41. The molecule has 0 bridgehead atoms. The van der Waals surface area contributed by atoms with E-state index in [1.807, 2.05) is 37.3 Å². The first-order valence-corrected chi connectivity index (χ1v) is 10.6. The molecule has 1 saturated heterocycles. The van der Waals surface area contributed by atoms with Crippen LogP contribution in [0.4, 0.5) is 0 Å². The van der Waals surface area contributed by atoms with Gasteiger partial charge in [0.25, 0.3) is 0 Å². The fourth-order valence-electron chi connectivity index (χ4n) is 3.01. The molecule has 0 saturated carbocycles. The van der Waals surface area contributed by atoms with Gasteiger partial charge in [-0.3, -0.25) is 14.0 Å². The number of aliphatic imine (C=N–C) groups is 1. The lowest BCUT2D eigenvalue weighted by molar-refractivity contribution is -0.146. The number of benzene rings is 1. The van der Waals surface area contributed by atoms with Crippen molar-refractivity contribution >= 4 is 22.7 Å². The van der Waals surface area contributed by atoms with Crippen molar-refractivity contribution in [3.63, 3.8) is 0 Å². The van der Waals surface area contributed by atoms with E-state index in [0.717, 1.165) is 44.0 Å². The third kappa shape index (κ3) is 6.44. The zero-order chi connectivity index (χ0) is 18.8. The van der Waals surface area contributed by atoms with Gasteiger partial charge in [-0.2, -0.15) is 0 Å². The summed E-state index contributed by atoms with van der Waals surface area (Å²) in [6.45, 7) is 4.89. The van der Waals surface area contributed by atoms with E-state index in [-0.39, 0.29) is 11.9 Å². The van der Waals surface area contributed by atoms with Gasteiger partial charge in [-0.25, -0.2) is 0 Å². The minimum atomic E-state index is -0.924. The monoisotopic (exact) mass is 379 g/mol. The number of rotatable bonds is 7. The Morgan fingerprint density at radius 2 is 2.00 bits per heavy atom. The average Bonchev–Trinajstić information content (AvgIpc) is 2.67. The topological polar surface area (TPSA) is 71.0 Å². The predicted molar refractivity (Wildman–Crippen MR) is 105 cm³/mol. The molecule has 1 atom stereocenters. The second kappa shape index (κ2) is 11.0. The van der Waals surface area contributed by atoms with Gasteiger partial charge in [0.1, 0.15) is 0 Å². The van der Waals surface area contributed by atoms with Crippen LogP contribution in [0.1, 0.15) is 25.3 Å². The summed E-state index contributed by atoms with van der Waals surface area (Å²) in [5.41, 5.74) is 1.09. The number of carbonyl (C=O) groups is 1. The Balaban J connectivity index is 1.83. The Hall–Kier alpha value is -1.89. The van der Waals surface area contributed by atoms with E-state index >= 15 is 0 Å². The summed E-state index contributed by atoms with van der Waals surface area (Å²) < 4.78 is 17.1. The number of piperidine rings is 1. The molecule has 0 spiro atoms. The van der Waals surface area contributed by atoms with Crippen molar-refractivity contribution in [1.29, 1.82) is 0 Å². The molecule has 1 aliphatic rings. The number of carbonyl (C=O) groups excluding carboxylic acids is 1. The standard InChI is InChI=1S/C19H29N3O3S/c1-3-20-19(22-12-9-17(10-13-22)18(23)25-2)21-11-14-26(24)15-16-7-5-4-6-8-16/h4-8,17H,3,9-15H2,1-2H3,(H,20,21). The maximum atomic E-state index is 12.2. The van der Waals surface area contributed by atoms with Gasteiger partial charge in [0.2, 0.25) is 0 Å². The highest BCUT2D eigenvalue weighted by Crippen LogP contribution is 2.18. The van der Waals surface area contributed by atoms with Crippen molar-refractivity contribution in [2.45, 2.75) is 25.5 Å². The third-order valence-corrected chi connectivity index (χ3v) is 5.71. The maximum Gasteiger partial charge on any atom is 0.308 e. The molecular formula is C19H29N3O3S. The van der Waals surface area contributed by atoms with Crippen LogP contribution in [0.25, 0.3) is 0 Å². The summed E-state index contributed by atoms with van der Waals surface area (Å²) in [5, 5.41) is 3.29. The van der Waals surface area contributed by atoms with Gasteiger partial charge in [-0.15, -0.1) is 0 Å². The number of hydrogen-bond acceptors (Lipinski definition) is 4. The van der Waals surface area contributed by atoms with Crippen LogP contribution in [0, 0.1) is 5.92 Å². The maximum absolute atomic E-state index is 12.2. The summed E-state index contributed by atoms with van der Waals surface area (Å²) in [4.78, 5) is 18.4. The lowest BCUT2D eigenvalue weighted by Crippen LogP contribution is -2.46. The molecule has 0 radical (unpaired) electrons. The first-order chi connectivity index (χ1) is 12.6. The van der Waals surface area contributed by atoms with E-state index < -0.39 is 10.8 Å². The number of ether oxygens (including phenoxy) is 1. The minimum Gasteiger partial charge on any atom is -0.469 e. The van der Waals surface area contributed by atoms with Gasteiger partial charge in [0, 0.05) is 41.9 Å². The minimum absolute atomic E-state index is 0.0162. The molecule has 0 amide bonds. The zero-order valence-corrected chi connectivity index (χ0v) is 16.5. The van der Waals surface area contributed by atoms with Gasteiger partial charge >= 0.3 is 5.97 Å². The van der Waals surface area contributed by atoms with Gasteiger partial charge in [-0.05, 0) is 25.3 Å². The molecule has 1 aromatic rings. The lowest BCUT2D eigenvalue weighted by Gasteiger charge is -2.33. The van der Waals surface area contributed by atoms with E-state index in [2.05, 4.69) is 15.2 Å². The molecule has 1 aliphatic heterocycles. The van der Waals surface area contributed by atoms with Crippen molar-refractivity contribution in [3.8, 4) is 0 Å². The number of methoxy groups -OCH3 is 1. The Kier molecular flexibility index (Phi) is 8.61. The Morgan fingerprint density at radius 1 is 1.31 bits per heavy atom. The van der Waals surface area contributed by atoms with Crippen LogP contribution in [0.2, 0.25) is 0 Å². The van der Waals surface area contributed by atoms with Crippen LogP contribution in [0.5, 0.6) is 0 Å². The Labute approximate surface area is 158 Å². The molecule has 0 aliphatic carbocycles. The lowest BCUT2D eigenvalue weighted by atomic mass is 9.97. The normalized spacial score (nSPS) is 17.0.